The summed E-state index contributed by atoms with van der Waals surface area (Å²) in [6, 6.07) is 12.9. The van der Waals surface area contributed by atoms with Crippen molar-refractivity contribution in [2.45, 2.75) is 9.79 Å². The van der Waals surface area contributed by atoms with Gasteiger partial charge in [0.1, 0.15) is 0 Å². The maximum atomic E-state index is 11.7. The van der Waals surface area contributed by atoms with Gasteiger partial charge in [0.25, 0.3) is 11.7 Å². The molecule has 100 valence electrons. The highest BCUT2D eigenvalue weighted by molar-refractivity contribution is 7.99. The number of nitrogens with zero attached hydrogens (tertiary/aromatic N) is 1. The maximum Gasteiger partial charge on any atom is 0.299 e. The molecule has 1 amide bonds. The van der Waals surface area contributed by atoms with Gasteiger partial charge in [-0.1, -0.05) is 23.4 Å². The van der Waals surface area contributed by atoms with Crippen LogP contribution >= 0.6 is 23.4 Å². The summed E-state index contributed by atoms with van der Waals surface area (Å²) in [5, 5.41) is 0.694. The zero-order valence-electron chi connectivity index (χ0n) is 10.6. The molecule has 20 heavy (non-hydrogen) atoms. The molecule has 1 aliphatic rings. The molecule has 1 heterocycles. The highest BCUT2D eigenvalue weighted by Crippen LogP contribution is 2.35. The Morgan fingerprint density at radius 2 is 1.65 bits per heavy atom. The Balaban J connectivity index is 1.92. The van der Waals surface area contributed by atoms with E-state index in [4.69, 9.17) is 11.6 Å². The van der Waals surface area contributed by atoms with Crippen molar-refractivity contribution in [3.05, 3.63) is 53.1 Å². The first-order chi connectivity index (χ1) is 9.56. The number of likely N-dealkylation sites (N-methyl/N-ethyl adjacent to an activating group) is 1. The van der Waals surface area contributed by atoms with Crippen LogP contribution in [0.25, 0.3) is 0 Å². The van der Waals surface area contributed by atoms with E-state index in [0.29, 0.717) is 16.3 Å². The molecule has 0 saturated carbocycles. The molecule has 0 saturated heterocycles. The minimum atomic E-state index is -0.478. The van der Waals surface area contributed by atoms with Gasteiger partial charge in [0.2, 0.25) is 0 Å². The first-order valence-corrected chi connectivity index (χ1v) is 7.15. The average Bonchev–Trinajstić information content (AvgIpc) is 2.66. The quantitative estimate of drug-likeness (QED) is 0.795. The highest BCUT2D eigenvalue weighted by atomic mass is 35.5. The number of rotatable bonds is 2. The lowest BCUT2D eigenvalue weighted by molar-refractivity contribution is -0.114. The van der Waals surface area contributed by atoms with Crippen molar-refractivity contribution in [3.8, 4) is 0 Å². The molecule has 2 aromatic rings. The highest BCUT2D eigenvalue weighted by Gasteiger charge is 2.33. The van der Waals surface area contributed by atoms with Crippen molar-refractivity contribution < 1.29 is 9.59 Å². The number of hydrogen-bond donors (Lipinski definition) is 0. The number of anilines is 1. The molecule has 3 rings (SSSR count). The predicted molar refractivity (Wildman–Crippen MR) is 79.8 cm³/mol. The molecule has 2 aromatic carbocycles. The van der Waals surface area contributed by atoms with Crippen molar-refractivity contribution in [3.63, 3.8) is 0 Å². The van der Waals surface area contributed by atoms with Gasteiger partial charge >= 0.3 is 0 Å². The number of amides is 1. The number of Topliss-reactive ketones (excluding diaryl/α,β-unsaturated/α-hetero) is 1. The number of carbonyl (C=O) groups is 2. The monoisotopic (exact) mass is 303 g/mol. The van der Waals surface area contributed by atoms with E-state index < -0.39 is 11.7 Å². The second-order valence-corrected chi connectivity index (χ2v) is 6.01. The maximum absolute atomic E-state index is 11.7. The van der Waals surface area contributed by atoms with E-state index in [0.717, 1.165) is 9.79 Å². The number of halogens is 1. The van der Waals surface area contributed by atoms with Crippen molar-refractivity contribution in [1.82, 2.24) is 0 Å². The van der Waals surface area contributed by atoms with Crippen LogP contribution in [0.4, 0.5) is 5.69 Å². The molecule has 0 bridgehead atoms. The lowest BCUT2D eigenvalue weighted by Crippen LogP contribution is -2.24. The van der Waals surface area contributed by atoms with Crippen LogP contribution in [-0.4, -0.2) is 18.7 Å². The SMILES string of the molecule is CN1C(=O)C(=O)c2ccc(Sc3ccc(Cl)cc3)cc21. The molecule has 0 aliphatic carbocycles. The summed E-state index contributed by atoms with van der Waals surface area (Å²) in [4.78, 5) is 26.7. The smallest absolute Gasteiger partial charge is 0.299 e. The summed E-state index contributed by atoms with van der Waals surface area (Å²) < 4.78 is 0. The van der Waals surface area contributed by atoms with E-state index in [-0.39, 0.29) is 0 Å². The number of fused-ring (bicyclic) bond motifs is 1. The van der Waals surface area contributed by atoms with Crippen LogP contribution in [0.2, 0.25) is 5.02 Å². The molecule has 3 nitrogen and oxygen atoms in total. The third-order valence-corrected chi connectivity index (χ3v) is 4.37. The van der Waals surface area contributed by atoms with E-state index in [2.05, 4.69) is 0 Å². The molecule has 0 spiro atoms. The zero-order valence-corrected chi connectivity index (χ0v) is 12.2. The second-order valence-electron chi connectivity index (χ2n) is 4.43. The summed E-state index contributed by atoms with van der Waals surface area (Å²) in [5.74, 6) is -0.917. The van der Waals surface area contributed by atoms with E-state index in [9.17, 15) is 9.59 Å². The average molecular weight is 304 g/mol. The van der Waals surface area contributed by atoms with Gasteiger partial charge < -0.3 is 4.90 Å². The fourth-order valence-corrected chi connectivity index (χ4v) is 3.04. The Kier molecular flexibility index (Phi) is 3.28. The molecule has 1 aliphatic heterocycles. The van der Waals surface area contributed by atoms with E-state index >= 15 is 0 Å². The van der Waals surface area contributed by atoms with Gasteiger partial charge in [0, 0.05) is 21.9 Å². The first-order valence-electron chi connectivity index (χ1n) is 5.96. The normalized spacial score (nSPS) is 13.8. The Bertz CT molecular complexity index is 712. The molecule has 0 atom stereocenters. The molecular formula is C15H10ClNO2S. The van der Waals surface area contributed by atoms with Crippen molar-refractivity contribution in [2.75, 3.05) is 11.9 Å². The van der Waals surface area contributed by atoms with Crippen LogP contribution in [0.1, 0.15) is 10.4 Å². The molecule has 0 radical (unpaired) electrons. The number of carbonyl (C=O) groups excluding carboxylic acids is 2. The lowest BCUT2D eigenvalue weighted by atomic mass is 10.1. The third kappa shape index (κ3) is 2.21. The Morgan fingerprint density at radius 3 is 2.35 bits per heavy atom. The van der Waals surface area contributed by atoms with Crippen molar-refractivity contribution in [2.24, 2.45) is 0 Å². The Labute approximate surface area is 125 Å². The molecule has 0 N–H and O–H groups in total. The van der Waals surface area contributed by atoms with E-state index in [1.54, 1.807) is 24.9 Å². The van der Waals surface area contributed by atoms with Gasteiger partial charge in [-0.25, -0.2) is 0 Å². The zero-order chi connectivity index (χ0) is 14.3. The molecular weight excluding hydrogens is 294 g/mol. The number of benzene rings is 2. The van der Waals surface area contributed by atoms with Crippen LogP contribution in [0, 0.1) is 0 Å². The summed E-state index contributed by atoms with van der Waals surface area (Å²) >= 11 is 7.41. The van der Waals surface area contributed by atoms with Crippen LogP contribution < -0.4 is 4.90 Å². The second kappa shape index (κ2) is 4.96. The van der Waals surface area contributed by atoms with E-state index in [1.807, 2.05) is 36.4 Å². The summed E-state index contributed by atoms with van der Waals surface area (Å²) in [7, 11) is 1.61. The van der Waals surface area contributed by atoms with Gasteiger partial charge in [-0.2, -0.15) is 0 Å². The van der Waals surface area contributed by atoms with Gasteiger partial charge in [-0.05, 0) is 42.5 Å². The predicted octanol–water partition coefficient (Wildman–Crippen LogP) is 3.65. The van der Waals surface area contributed by atoms with Crippen molar-refractivity contribution in [1.29, 1.82) is 0 Å². The fraction of sp³-hybridized carbons (Fsp3) is 0.0667. The minimum Gasteiger partial charge on any atom is -0.308 e. The molecule has 0 fully saturated rings. The summed E-state index contributed by atoms with van der Waals surface area (Å²) in [6.07, 6.45) is 0. The van der Waals surface area contributed by atoms with Crippen LogP contribution in [0.3, 0.4) is 0 Å². The first kappa shape index (κ1) is 13.2. The van der Waals surface area contributed by atoms with Crippen LogP contribution in [-0.2, 0) is 4.79 Å². The molecule has 0 unspecified atom stereocenters. The van der Waals surface area contributed by atoms with Gasteiger partial charge in [-0.3, -0.25) is 9.59 Å². The summed E-state index contributed by atoms with van der Waals surface area (Å²) in [5.41, 5.74) is 1.14. The standard InChI is InChI=1S/C15H10ClNO2S/c1-17-13-8-11(6-7-12(13)14(18)15(17)19)20-10-4-2-9(16)3-5-10/h2-8H,1H3. The van der Waals surface area contributed by atoms with E-state index in [1.165, 1.54) is 4.90 Å². The fourth-order valence-electron chi connectivity index (χ4n) is 2.06. The van der Waals surface area contributed by atoms with Crippen molar-refractivity contribution >= 4 is 40.7 Å². The van der Waals surface area contributed by atoms with Crippen LogP contribution in [0.5, 0.6) is 0 Å². The van der Waals surface area contributed by atoms with Gasteiger partial charge in [-0.15, -0.1) is 0 Å². The number of ketones is 1. The van der Waals surface area contributed by atoms with Crippen LogP contribution in [0.15, 0.2) is 52.3 Å². The third-order valence-electron chi connectivity index (χ3n) is 3.12. The summed E-state index contributed by atoms with van der Waals surface area (Å²) in [6.45, 7) is 0. The van der Waals surface area contributed by atoms with Gasteiger partial charge in [0.15, 0.2) is 0 Å². The Hall–Kier alpha value is -1.78. The largest absolute Gasteiger partial charge is 0.308 e. The molecule has 5 heteroatoms. The molecule has 0 aromatic heterocycles. The topological polar surface area (TPSA) is 37.4 Å². The lowest BCUT2D eigenvalue weighted by Gasteiger charge is -2.10. The Morgan fingerprint density at radius 1 is 1.00 bits per heavy atom. The minimum absolute atomic E-state index is 0.439. The van der Waals surface area contributed by atoms with Gasteiger partial charge in [0.05, 0.1) is 11.3 Å². The number of hydrogen-bond acceptors (Lipinski definition) is 3.